The Labute approximate surface area is 89.6 Å². The maximum Gasteiger partial charge on any atom is 0.0731 e. The van der Waals surface area contributed by atoms with Crippen molar-refractivity contribution in [3.05, 3.63) is 41.6 Å². The van der Waals surface area contributed by atoms with Crippen LogP contribution in [0.1, 0.15) is 17.5 Å². The minimum atomic E-state index is 0.254. The Bertz CT molecular complexity index is 465. The Kier molecular flexibility index (Phi) is 2.97. The summed E-state index contributed by atoms with van der Waals surface area (Å²) in [6.07, 6.45) is 3.58. The third-order valence-corrected chi connectivity index (χ3v) is 2.58. The number of aryl methyl sites for hydroxylation is 2. The van der Waals surface area contributed by atoms with Gasteiger partial charge in [0.25, 0.3) is 0 Å². The monoisotopic (exact) mass is 201 g/mol. The predicted molar refractivity (Wildman–Crippen MR) is 61.9 cm³/mol. The molecule has 2 aromatic rings. The molecule has 0 amide bonds. The molecule has 0 saturated carbocycles. The zero-order chi connectivity index (χ0) is 10.7. The number of aliphatic hydroxyl groups is 1. The van der Waals surface area contributed by atoms with Crippen molar-refractivity contribution in [2.45, 2.75) is 19.8 Å². The lowest BCUT2D eigenvalue weighted by molar-refractivity contribution is 0.288. The number of benzene rings is 1. The molecule has 15 heavy (non-hydrogen) atoms. The smallest absolute Gasteiger partial charge is 0.0731 e. The van der Waals surface area contributed by atoms with Crippen LogP contribution in [0.3, 0.4) is 0 Å². The van der Waals surface area contributed by atoms with E-state index in [-0.39, 0.29) is 6.61 Å². The van der Waals surface area contributed by atoms with E-state index in [9.17, 15) is 0 Å². The number of nitrogens with zero attached hydrogens (tertiary/aromatic N) is 1. The third kappa shape index (κ3) is 2.16. The summed E-state index contributed by atoms with van der Waals surface area (Å²) >= 11 is 0. The number of fused-ring (bicyclic) bond motifs is 1. The maximum absolute atomic E-state index is 8.80. The molecule has 0 aliphatic carbocycles. The van der Waals surface area contributed by atoms with Crippen LogP contribution in [-0.4, -0.2) is 16.7 Å². The van der Waals surface area contributed by atoms with Crippen molar-refractivity contribution in [1.82, 2.24) is 4.98 Å². The Morgan fingerprint density at radius 3 is 3.00 bits per heavy atom. The van der Waals surface area contributed by atoms with E-state index in [0.29, 0.717) is 0 Å². The summed E-state index contributed by atoms with van der Waals surface area (Å²) in [4.78, 5) is 4.35. The highest BCUT2D eigenvalue weighted by molar-refractivity contribution is 5.82. The first-order valence-electron chi connectivity index (χ1n) is 5.26. The Hall–Kier alpha value is -1.41. The Morgan fingerprint density at radius 2 is 2.20 bits per heavy atom. The minimum absolute atomic E-state index is 0.254. The molecular formula is C13H15NO. The molecule has 0 radical (unpaired) electrons. The molecule has 0 atom stereocenters. The number of hydrogen-bond donors (Lipinski definition) is 1. The molecule has 0 unspecified atom stereocenters. The first kappa shape index (κ1) is 10.1. The van der Waals surface area contributed by atoms with Crippen LogP contribution >= 0.6 is 0 Å². The van der Waals surface area contributed by atoms with Gasteiger partial charge in [0.15, 0.2) is 0 Å². The first-order valence-corrected chi connectivity index (χ1v) is 5.26. The van der Waals surface area contributed by atoms with Gasteiger partial charge in [0.2, 0.25) is 0 Å². The van der Waals surface area contributed by atoms with Gasteiger partial charge in [-0.2, -0.15) is 0 Å². The van der Waals surface area contributed by atoms with Crippen LogP contribution in [0.2, 0.25) is 0 Å². The lowest BCUT2D eigenvalue weighted by Gasteiger charge is -2.05. The SMILES string of the molecule is Cc1cc(CCCO)cc2cccnc12. The van der Waals surface area contributed by atoms with Gasteiger partial charge in [-0.25, -0.2) is 0 Å². The largest absolute Gasteiger partial charge is 0.396 e. The van der Waals surface area contributed by atoms with Crippen LogP contribution in [0.4, 0.5) is 0 Å². The van der Waals surface area contributed by atoms with Gasteiger partial charge < -0.3 is 5.11 Å². The molecular weight excluding hydrogens is 186 g/mol. The van der Waals surface area contributed by atoms with Crippen LogP contribution < -0.4 is 0 Å². The summed E-state index contributed by atoms with van der Waals surface area (Å²) in [5.74, 6) is 0. The summed E-state index contributed by atoms with van der Waals surface area (Å²) < 4.78 is 0. The van der Waals surface area contributed by atoms with E-state index in [1.54, 1.807) is 0 Å². The standard InChI is InChI=1S/C13H15NO/c1-10-8-11(4-3-7-15)9-12-5-2-6-14-13(10)12/h2,5-6,8-9,15H,3-4,7H2,1H3. The summed E-state index contributed by atoms with van der Waals surface area (Å²) in [6, 6.07) is 8.35. The highest BCUT2D eigenvalue weighted by Crippen LogP contribution is 2.18. The number of pyridine rings is 1. The normalized spacial score (nSPS) is 10.8. The first-order chi connectivity index (χ1) is 7.31. The fourth-order valence-electron chi connectivity index (χ4n) is 1.88. The molecule has 1 aromatic heterocycles. The molecule has 1 aromatic carbocycles. The lowest BCUT2D eigenvalue weighted by Crippen LogP contribution is -1.92. The molecule has 2 rings (SSSR count). The summed E-state index contributed by atoms with van der Waals surface area (Å²) in [5.41, 5.74) is 3.56. The van der Waals surface area contributed by atoms with Crippen molar-refractivity contribution in [3.63, 3.8) is 0 Å². The van der Waals surface area contributed by atoms with E-state index in [1.807, 2.05) is 12.3 Å². The second-order valence-corrected chi connectivity index (χ2v) is 3.81. The maximum atomic E-state index is 8.80. The second-order valence-electron chi connectivity index (χ2n) is 3.81. The second kappa shape index (κ2) is 4.41. The summed E-state index contributed by atoms with van der Waals surface area (Å²) in [6.45, 7) is 2.34. The quantitative estimate of drug-likeness (QED) is 0.827. The fourth-order valence-corrected chi connectivity index (χ4v) is 1.88. The van der Waals surface area contributed by atoms with Crippen molar-refractivity contribution in [3.8, 4) is 0 Å². The minimum Gasteiger partial charge on any atom is -0.396 e. The van der Waals surface area contributed by atoms with E-state index >= 15 is 0 Å². The van der Waals surface area contributed by atoms with Gasteiger partial charge in [0.1, 0.15) is 0 Å². The van der Waals surface area contributed by atoms with Crippen molar-refractivity contribution in [1.29, 1.82) is 0 Å². The van der Waals surface area contributed by atoms with Gasteiger partial charge >= 0.3 is 0 Å². The van der Waals surface area contributed by atoms with Gasteiger partial charge in [-0.3, -0.25) is 4.98 Å². The molecule has 0 aliphatic heterocycles. The van der Waals surface area contributed by atoms with Gasteiger partial charge in [-0.1, -0.05) is 12.1 Å². The molecule has 2 heteroatoms. The van der Waals surface area contributed by atoms with Crippen LogP contribution in [-0.2, 0) is 6.42 Å². The summed E-state index contributed by atoms with van der Waals surface area (Å²) in [7, 11) is 0. The van der Waals surface area contributed by atoms with Gasteiger partial charge in [0, 0.05) is 18.2 Å². The zero-order valence-corrected chi connectivity index (χ0v) is 8.90. The molecule has 1 N–H and O–H groups in total. The van der Waals surface area contributed by atoms with E-state index in [0.717, 1.165) is 18.4 Å². The number of aromatic nitrogens is 1. The third-order valence-electron chi connectivity index (χ3n) is 2.58. The highest BCUT2D eigenvalue weighted by Gasteiger charge is 2.01. The van der Waals surface area contributed by atoms with Crippen molar-refractivity contribution in [2.24, 2.45) is 0 Å². The fraction of sp³-hybridized carbons (Fsp3) is 0.308. The predicted octanol–water partition coefficient (Wildman–Crippen LogP) is 2.47. The van der Waals surface area contributed by atoms with Crippen molar-refractivity contribution in [2.75, 3.05) is 6.61 Å². The Balaban J connectivity index is 2.43. The molecule has 2 nitrogen and oxygen atoms in total. The topological polar surface area (TPSA) is 33.1 Å². The van der Waals surface area contributed by atoms with Crippen LogP contribution in [0, 0.1) is 6.92 Å². The van der Waals surface area contributed by atoms with Gasteiger partial charge in [-0.15, -0.1) is 0 Å². The van der Waals surface area contributed by atoms with E-state index in [1.165, 1.54) is 16.5 Å². The van der Waals surface area contributed by atoms with Crippen LogP contribution in [0.15, 0.2) is 30.5 Å². The molecule has 1 heterocycles. The zero-order valence-electron chi connectivity index (χ0n) is 8.90. The molecule has 0 saturated heterocycles. The van der Waals surface area contributed by atoms with Gasteiger partial charge in [0.05, 0.1) is 5.52 Å². The molecule has 0 spiro atoms. The average Bonchev–Trinajstić information content (AvgIpc) is 2.26. The van der Waals surface area contributed by atoms with Gasteiger partial charge in [-0.05, 0) is 43.0 Å². The average molecular weight is 201 g/mol. The van der Waals surface area contributed by atoms with Crippen LogP contribution in [0.5, 0.6) is 0 Å². The molecule has 78 valence electrons. The molecule has 0 fully saturated rings. The highest BCUT2D eigenvalue weighted by atomic mass is 16.2. The number of hydrogen-bond acceptors (Lipinski definition) is 2. The summed E-state index contributed by atoms with van der Waals surface area (Å²) in [5, 5.41) is 9.98. The van der Waals surface area contributed by atoms with Crippen molar-refractivity contribution >= 4 is 10.9 Å². The van der Waals surface area contributed by atoms with Crippen molar-refractivity contribution < 1.29 is 5.11 Å². The van der Waals surface area contributed by atoms with E-state index in [4.69, 9.17) is 5.11 Å². The van der Waals surface area contributed by atoms with E-state index < -0.39 is 0 Å². The number of rotatable bonds is 3. The number of aliphatic hydroxyl groups excluding tert-OH is 1. The van der Waals surface area contributed by atoms with E-state index in [2.05, 4.69) is 30.1 Å². The lowest BCUT2D eigenvalue weighted by atomic mass is 10.0. The molecule has 0 bridgehead atoms. The molecule has 0 aliphatic rings. The Morgan fingerprint density at radius 1 is 1.33 bits per heavy atom. The van der Waals surface area contributed by atoms with Crippen LogP contribution in [0.25, 0.3) is 10.9 Å².